The highest BCUT2D eigenvalue weighted by atomic mass is 32.1. The Balaban J connectivity index is 1.54. The molecular formula is C19H19N3O2S. The average Bonchev–Trinajstić information content (AvgIpc) is 3.21. The minimum absolute atomic E-state index is 0.0278. The number of nitrogens with one attached hydrogen (secondary N) is 1. The summed E-state index contributed by atoms with van der Waals surface area (Å²) in [6.45, 7) is 5.50. The first-order valence-electron chi connectivity index (χ1n) is 8.12. The van der Waals surface area contributed by atoms with E-state index in [2.05, 4.69) is 27.0 Å². The zero-order valence-electron chi connectivity index (χ0n) is 14.2. The van der Waals surface area contributed by atoms with E-state index < -0.39 is 5.91 Å². The second kappa shape index (κ2) is 7.49. The molecule has 5 nitrogen and oxygen atoms in total. The Hall–Kier alpha value is -2.65. The summed E-state index contributed by atoms with van der Waals surface area (Å²) in [6.07, 6.45) is 2.70. The second-order valence-corrected chi connectivity index (χ2v) is 7.32. The first kappa shape index (κ1) is 17.2. The van der Waals surface area contributed by atoms with Crippen molar-refractivity contribution in [1.82, 2.24) is 10.3 Å². The molecule has 128 valence electrons. The van der Waals surface area contributed by atoms with Gasteiger partial charge < -0.3 is 10.2 Å². The Morgan fingerprint density at radius 3 is 2.88 bits per heavy atom. The van der Waals surface area contributed by atoms with Crippen molar-refractivity contribution in [3.05, 3.63) is 46.5 Å². The lowest BCUT2D eigenvalue weighted by Gasteiger charge is -2.14. The molecule has 25 heavy (non-hydrogen) atoms. The molecule has 1 N–H and O–H groups in total. The van der Waals surface area contributed by atoms with Crippen molar-refractivity contribution in [3.8, 4) is 11.8 Å². The van der Waals surface area contributed by atoms with Gasteiger partial charge in [-0.15, -0.1) is 11.3 Å². The maximum atomic E-state index is 12.0. The van der Waals surface area contributed by atoms with Gasteiger partial charge in [0.05, 0.1) is 0 Å². The SMILES string of the molecule is Cc1cccc(C(=O)C#CC(=O)NC2CCN(c3ncc(C)s3)C2)c1. The van der Waals surface area contributed by atoms with E-state index in [-0.39, 0.29) is 11.8 Å². The van der Waals surface area contributed by atoms with Crippen LogP contribution in [0, 0.1) is 25.7 Å². The van der Waals surface area contributed by atoms with Crippen LogP contribution in [0.3, 0.4) is 0 Å². The predicted molar refractivity (Wildman–Crippen MR) is 98.9 cm³/mol. The van der Waals surface area contributed by atoms with E-state index in [0.29, 0.717) is 12.1 Å². The lowest BCUT2D eigenvalue weighted by Crippen LogP contribution is -2.36. The van der Waals surface area contributed by atoms with Crippen molar-refractivity contribution in [1.29, 1.82) is 0 Å². The van der Waals surface area contributed by atoms with Gasteiger partial charge in [0.25, 0.3) is 5.91 Å². The molecular weight excluding hydrogens is 334 g/mol. The summed E-state index contributed by atoms with van der Waals surface area (Å²) in [5.74, 6) is 4.07. The average molecular weight is 353 g/mol. The van der Waals surface area contributed by atoms with Gasteiger partial charge in [-0.25, -0.2) is 4.98 Å². The van der Waals surface area contributed by atoms with E-state index in [0.717, 1.165) is 23.7 Å². The fourth-order valence-corrected chi connectivity index (χ4v) is 3.53. The standard InChI is InChI=1S/C19H19N3O2S/c1-13-4-3-5-15(10-13)17(23)6-7-18(24)21-16-8-9-22(12-16)19-20-11-14(2)25-19/h3-5,10-11,16H,8-9,12H2,1-2H3,(H,21,24). The van der Waals surface area contributed by atoms with Crippen molar-refractivity contribution in [2.45, 2.75) is 26.3 Å². The fourth-order valence-electron chi connectivity index (χ4n) is 2.73. The van der Waals surface area contributed by atoms with Crippen LogP contribution in [0.25, 0.3) is 0 Å². The van der Waals surface area contributed by atoms with E-state index in [9.17, 15) is 9.59 Å². The number of hydrogen-bond donors (Lipinski definition) is 1. The molecule has 6 heteroatoms. The molecule has 0 saturated carbocycles. The number of nitrogens with zero attached hydrogens (tertiary/aromatic N) is 2. The normalized spacial score (nSPS) is 16.2. The van der Waals surface area contributed by atoms with Gasteiger partial charge in [0.2, 0.25) is 5.78 Å². The van der Waals surface area contributed by atoms with Crippen LogP contribution in [0.15, 0.2) is 30.5 Å². The highest BCUT2D eigenvalue weighted by Crippen LogP contribution is 2.25. The molecule has 0 bridgehead atoms. The number of anilines is 1. The van der Waals surface area contributed by atoms with E-state index in [1.165, 1.54) is 4.88 Å². The van der Waals surface area contributed by atoms with Crippen molar-refractivity contribution >= 4 is 28.2 Å². The number of aromatic nitrogens is 1. The van der Waals surface area contributed by atoms with Gasteiger partial charge in [-0.05, 0) is 32.3 Å². The Labute approximate surface area is 151 Å². The number of hydrogen-bond acceptors (Lipinski definition) is 5. The number of Topliss-reactive ketones (excluding diaryl/α,β-unsaturated/α-hetero) is 1. The predicted octanol–water partition coefficient (Wildman–Crippen LogP) is 2.34. The summed E-state index contributed by atoms with van der Waals surface area (Å²) < 4.78 is 0. The molecule has 1 saturated heterocycles. The number of rotatable bonds is 3. The minimum atomic E-state index is -0.414. The van der Waals surface area contributed by atoms with Crippen LogP contribution in [0.5, 0.6) is 0 Å². The van der Waals surface area contributed by atoms with Crippen LogP contribution in [0.4, 0.5) is 5.13 Å². The first-order chi connectivity index (χ1) is 12.0. The van der Waals surface area contributed by atoms with Crippen LogP contribution < -0.4 is 10.2 Å². The monoisotopic (exact) mass is 353 g/mol. The van der Waals surface area contributed by atoms with Gasteiger partial charge in [0, 0.05) is 41.7 Å². The minimum Gasteiger partial charge on any atom is -0.346 e. The maximum Gasteiger partial charge on any atom is 0.296 e. The molecule has 1 aliphatic heterocycles. The van der Waals surface area contributed by atoms with Crippen LogP contribution in [-0.2, 0) is 4.79 Å². The molecule has 1 amide bonds. The highest BCUT2D eigenvalue weighted by Gasteiger charge is 2.25. The number of carbonyl (C=O) groups excluding carboxylic acids is 2. The molecule has 3 rings (SSSR count). The largest absolute Gasteiger partial charge is 0.346 e. The summed E-state index contributed by atoms with van der Waals surface area (Å²) in [7, 11) is 0. The number of aryl methyl sites for hydroxylation is 2. The number of benzene rings is 1. The quantitative estimate of drug-likeness (QED) is 0.523. The topological polar surface area (TPSA) is 62.3 Å². The molecule has 1 fully saturated rings. The molecule has 1 aromatic carbocycles. The lowest BCUT2D eigenvalue weighted by atomic mass is 10.1. The van der Waals surface area contributed by atoms with E-state index in [4.69, 9.17) is 0 Å². The van der Waals surface area contributed by atoms with Gasteiger partial charge in [0.1, 0.15) is 0 Å². The van der Waals surface area contributed by atoms with E-state index in [1.807, 2.05) is 26.1 Å². The lowest BCUT2D eigenvalue weighted by molar-refractivity contribution is -0.116. The fraction of sp³-hybridized carbons (Fsp3) is 0.316. The number of amides is 1. The van der Waals surface area contributed by atoms with Crippen LogP contribution in [0.2, 0.25) is 0 Å². The Morgan fingerprint density at radius 2 is 2.16 bits per heavy atom. The molecule has 0 aliphatic carbocycles. The summed E-state index contributed by atoms with van der Waals surface area (Å²) in [5, 5.41) is 3.86. The van der Waals surface area contributed by atoms with Gasteiger partial charge >= 0.3 is 0 Å². The third-order valence-corrected chi connectivity index (χ3v) is 4.95. The van der Waals surface area contributed by atoms with Crippen LogP contribution in [0.1, 0.15) is 27.2 Å². The molecule has 0 radical (unpaired) electrons. The molecule has 1 aliphatic rings. The maximum absolute atomic E-state index is 12.0. The molecule has 2 heterocycles. The zero-order valence-corrected chi connectivity index (χ0v) is 15.0. The number of thiazole rings is 1. The molecule has 2 aromatic rings. The van der Waals surface area contributed by atoms with Crippen LogP contribution in [-0.4, -0.2) is 35.8 Å². The Morgan fingerprint density at radius 1 is 1.32 bits per heavy atom. The van der Waals surface area contributed by atoms with Gasteiger partial charge in [-0.2, -0.15) is 0 Å². The zero-order chi connectivity index (χ0) is 17.8. The third kappa shape index (κ3) is 4.46. The number of carbonyl (C=O) groups is 2. The first-order valence-corrected chi connectivity index (χ1v) is 8.94. The van der Waals surface area contributed by atoms with Gasteiger partial charge in [0.15, 0.2) is 5.13 Å². The third-order valence-electron chi connectivity index (χ3n) is 3.97. The second-order valence-electron chi connectivity index (χ2n) is 6.11. The van der Waals surface area contributed by atoms with Crippen molar-refractivity contribution < 1.29 is 9.59 Å². The summed E-state index contributed by atoms with van der Waals surface area (Å²) in [6, 6.07) is 7.21. The summed E-state index contributed by atoms with van der Waals surface area (Å²) in [5.41, 5.74) is 1.49. The summed E-state index contributed by atoms with van der Waals surface area (Å²) >= 11 is 1.65. The smallest absolute Gasteiger partial charge is 0.296 e. The van der Waals surface area contributed by atoms with Crippen molar-refractivity contribution in [3.63, 3.8) is 0 Å². The molecule has 1 aromatic heterocycles. The Kier molecular flexibility index (Phi) is 5.15. The van der Waals surface area contributed by atoms with Gasteiger partial charge in [-0.3, -0.25) is 9.59 Å². The number of ketones is 1. The highest BCUT2D eigenvalue weighted by molar-refractivity contribution is 7.15. The Bertz CT molecular complexity index is 863. The van der Waals surface area contributed by atoms with Crippen molar-refractivity contribution in [2.75, 3.05) is 18.0 Å². The van der Waals surface area contributed by atoms with Crippen molar-refractivity contribution in [2.24, 2.45) is 0 Å². The summed E-state index contributed by atoms with van der Waals surface area (Å²) in [4.78, 5) is 31.7. The van der Waals surface area contributed by atoms with E-state index >= 15 is 0 Å². The molecule has 1 unspecified atom stereocenters. The van der Waals surface area contributed by atoms with Crippen LogP contribution >= 0.6 is 11.3 Å². The molecule has 0 spiro atoms. The molecule has 1 atom stereocenters. The van der Waals surface area contributed by atoms with Gasteiger partial charge in [-0.1, -0.05) is 23.8 Å². The van der Waals surface area contributed by atoms with E-state index in [1.54, 1.807) is 29.5 Å².